The summed E-state index contributed by atoms with van der Waals surface area (Å²) >= 11 is 0. The molecule has 0 aromatic carbocycles. The minimum atomic E-state index is 0.855. The monoisotopic (exact) mass is 419 g/mol. The van der Waals surface area contributed by atoms with E-state index in [1.54, 1.807) is 0 Å². The highest BCUT2D eigenvalue weighted by Crippen LogP contribution is 2.22. The maximum atomic E-state index is 5.71. The van der Waals surface area contributed by atoms with Gasteiger partial charge in [-0.2, -0.15) is 0 Å². The summed E-state index contributed by atoms with van der Waals surface area (Å²) in [4.78, 5) is 0. The number of allylic oxidation sites excluding steroid dienone is 1. The van der Waals surface area contributed by atoms with E-state index in [2.05, 4.69) is 13.8 Å². The van der Waals surface area contributed by atoms with Crippen LogP contribution < -0.4 is 0 Å². The molecule has 179 valence electrons. The van der Waals surface area contributed by atoms with Gasteiger partial charge >= 0.3 is 0 Å². The van der Waals surface area contributed by atoms with Crippen LogP contribution in [0, 0.1) is 12.5 Å². The Bertz CT molecular complexity index is 305. The molecule has 0 saturated carbocycles. The van der Waals surface area contributed by atoms with Crippen molar-refractivity contribution in [1.29, 1.82) is 0 Å². The predicted octanol–water partition coefficient (Wildman–Crippen LogP) is 11.4. The SMILES string of the molecule is [CH]=CCC(CCCCCC)CCCCCCCCCCCCCCCCCCCC. The van der Waals surface area contributed by atoms with Gasteiger partial charge in [-0.3, -0.25) is 0 Å². The van der Waals surface area contributed by atoms with Crippen LogP contribution >= 0.6 is 0 Å². The lowest BCUT2D eigenvalue weighted by Crippen LogP contribution is -1.99. The Kier molecular flexibility index (Phi) is 26.5. The third-order valence-corrected chi connectivity index (χ3v) is 6.90. The number of unbranched alkanes of at least 4 members (excludes halogenated alkanes) is 20. The molecule has 0 aliphatic rings. The Labute approximate surface area is 193 Å². The first-order valence-electron chi connectivity index (χ1n) is 14.4. The van der Waals surface area contributed by atoms with Crippen LogP contribution in [-0.2, 0) is 0 Å². The Morgan fingerprint density at radius 3 is 1.00 bits per heavy atom. The smallest absolute Gasteiger partial charge is 0.0319 e. The lowest BCUT2D eigenvalue weighted by molar-refractivity contribution is 0.407. The zero-order valence-electron chi connectivity index (χ0n) is 21.4. The largest absolute Gasteiger partial charge is 0.0843 e. The van der Waals surface area contributed by atoms with Crippen LogP contribution in [0.25, 0.3) is 0 Å². The zero-order chi connectivity index (χ0) is 22.0. The Hall–Kier alpha value is -0.260. The summed E-state index contributed by atoms with van der Waals surface area (Å²) in [6.45, 7) is 10.3. The molecule has 1 unspecified atom stereocenters. The summed E-state index contributed by atoms with van der Waals surface area (Å²) in [5.74, 6) is 0.855. The van der Waals surface area contributed by atoms with Gasteiger partial charge in [-0.1, -0.05) is 181 Å². The Morgan fingerprint density at radius 1 is 0.433 bits per heavy atom. The average molecular weight is 420 g/mol. The molecule has 0 fully saturated rings. The van der Waals surface area contributed by atoms with Crippen LogP contribution in [0.4, 0.5) is 0 Å². The molecule has 0 heteroatoms. The fraction of sp³-hybridized carbons (Fsp3) is 0.933. The van der Waals surface area contributed by atoms with E-state index < -0.39 is 0 Å². The second-order valence-corrected chi connectivity index (χ2v) is 9.99. The summed E-state index contributed by atoms with van der Waals surface area (Å²) in [6, 6.07) is 0. The van der Waals surface area contributed by atoms with E-state index in [-0.39, 0.29) is 0 Å². The predicted molar refractivity (Wildman–Crippen MR) is 139 cm³/mol. The van der Waals surface area contributed by atoms with Crippen molar-refractivity contribution in [2.24, 2.45) is 5.92 Å². The van der Waals surface area contributed by atoms with Crippen LogP contribution in [0.1, 0.15) is 174 Å². The van der Waals surface area contributed by atoms with Gasteiger partial charge in [0, 0.05) is 0 Å². The second kappa shape index (κ2) is 26.8. The molecule has 0 spiro atoms. The van der Waals surface area contributed by atoms with Crippen molar-refractivity contribution in [2.75, 3.05) is 0 Å². The molecule has 0 nitrogen and oxygen atoms in total. The minimum absolute atomic E-state index is 0.855. The first-order chi connectivity index (χ1) is 14.8. The van der Waals surface area contributed by atoms with Crippen LogP contribution in [0.5, 0.6) is 0 Å². The Morgan fingerprint density at radius 2 is 0.700 bits per heavy atom. The normalized spacial score (nSPS) is 12.3. The summed E-state index contributed by atoms with van der Waals surface area (Å²) in [5, 5.41) is 0. The van der Waals surface area contributed by atoms with Gasteiger partial charge in [0.05, 0.1) is 0 Å². The van der Waals surface area contributed by atoms with Gasteiger partial charge in [0.25, 0.3) is 0 Å². The van der Waals surface area contributed by atoms with Gasteiger partial charge < -0.3 is 0 Å². The van der Waals surface area contributed by atoms with Gasteiger partial charge in [-0.15, -0.1) is 0 Å². The van der Waals surface area contributed by atoms with Gasteiger partial charge in [-0.25, -0.2) is 0 Å². The quantitative estimate of drug-likeness (QED) is 0.122. The minimum Gasteiger partial charge on any atom is -0.0843 e. The fourth-order valence-corrected chi connectivity index (χ4v) is 4.77. The molecule has 0 amide bonds. The maximum Gasteiger partial charge on any atom is -0.0319 e. The summed E-state index contributed by atoms with van der Waals surface area (Å²) in [6.07, 6.45) is 37.7. The standard InChI is InChI=1S/C30H59/c1-4-7-9-11-12-13-14-15-16-17-18-19-20-21-22-23-24-26-29-30(27-6-3)28-25-10-8-5-2/h3,6,30H,4-5,7-29H2,1-2H3. The second-order valence-electron chi connectivity index (χ2n) is 9.99. The van der Waals surface area contributed by atoms with Crippen molar-refractivity contribution >= 4 is 0 Å². The summed E-state index contributed by atoms with van der Waals surface area (Å²) in [7, 11) is 0. The molecule has 0 aliphatic carbocycles. The maximum absolute atomic E-state index is 5.71. The molecular weight excluding hydrogens is 360 g/mol. The molecule has 0 rings (SSSR count). The third-order valence-electron chi connectivity index (χ3n) is 6.90. The third kappa shape index (κ3) is 24.0. The van der Waals surface area contributed by atoms with Crippen LogP contribution in [-0.4, -0.2) is 0 Å². The molecule has 0 aliphatic heterocycles. The van der Waals surface area contributed by atoms with E-state index in [1.165, 1.54) is 154 Å². The summed E-state index contributed by atoms with van der Waals surface area (Å²) < 4.78 is 0. The van der Waals surface area contributed by atoms with E-state index in [9.17, 15) is 0 Å². The average Bonchev–Trinajstić information content (AvgIpc) is 2.75. The molecule has 0 saturated heterocycles. The number of rotatable bonds is 26. The number of hydrogen-bond donors (Lipinski definition) is 0. The van der Waals surface area contributed by atoms with Crippen LogP contribution in [0.2, 0.25) is 0 Å². The van der Waals surface area contributed by atoms with Crippen molar-refractivity contribution in [3.8, 4) is 0 Å². The van der Waals surface area contributed by atoms with E-state index in [1.807, 2.05) is 6.08 Å². The van der Waals surface area contributed by atoms with Gasteiger partial charge in [0.15, 0.2) is 0 Å². The van der Waals surface area contributed by atoms with E-state index in [0.29, 0.717) is 0 Å². The zero-order valence-corrected chi connectivity index (χ0v) is 21.4. The molecule has 0 N–H and O–H groups in total. The highest BCUT2D eigenvalue weighted by Gasteiger charge is 2.06. The highest BCUT2D eigenvalue weighted by molar-refractivity contribution is 4.71. The van der Waals surface area contributed by atoms with Crippen LogP contribution in [0.15, 0.2) is 6.08 Å². The molecule has 0 bridgehead atoms. The van der Waals surface area contributed by atoms with Gasteiger partial charge in [0.2, 0.25) is 0 Å². The lowest BCUT2D eigenvalue weighted by Gasteiger charge is -2.14. The van der Waals surface area contributed by atoms with Crippen molar-refractivity contribution in [3.05, 3.63) is 12.7 Å². The molecule has 0 aromatic heterocycles. The van der Waals surface area contributed by atoms with Crippen molar-refractivity contribution < 1.29 is 0 Å². The Balaban J connectivity index is 3.25. The lowest BCUT2D eigenvalue weighted by atomic mass is 9.91. The molecule has 0 aromatic rings. The van der Waals surface area contributed by atoms with Crippen molar-refractivity contribution in [1.82, 2.24) is 0 Å². The molecule has 1 atom stereocenters. The molecule has 1 radical (unpaired) electrons. The molecular formula is C30H59. The topological polar surface area (TPSA) is 0 Å². The highest BCUT2D eigenvalue weighted by atomic mass is 14.1. The van der Waals surface area contributed by atoms with Crippen LogP contribution in [0.3, 0.4) is 0 Å². The molecule has 30 heavy (non-hydrogen) atoms. The first kappa shape index (κ1) is 29.7. The van der Waals surface area contributed by atoms with Crippen molar-refractivity contribution in [3.63, 3.8) is 0 Å². The first-order valence-corrected chi connectivity index (χ1v) is 14.4. The molecule has 0 heterocycles. The van der Waals surface area contributed by atoms with E-state index in [0.717, 1.165) is 12.3 Å². The van der Waals surface area contributed by atoms with E-state index >= 15 is 0 Å². The number of hydrogen-bond acceptors (Lipinski definition) is 0. The van der Waals surface area contributed by atoms with E-state index in [4.69, 9.17) is 6.58 Å². The van der Waals surface area contributed by atoms with Crippen molar-refractivity contribution in [2.45, 2.75) is 174 Å². The van der Waals surface area contributed by atoms with Gasteiger partial charge in [-0.05, 0) is 12.3 Å². The fourth-order valence-electron chi connectivity index (χ4n) is 4.77. The van der Waals surface area contributed by atoms with Gasteiger partial charge in [0.1, 0.15) is 0 Å². The summed E-state index contributed by atoms with van der Waals surface area (Å²) in [5.41, 5.74) is 0.